The molecule has 1 amide bonds. The van der Waals surface area contributed by atoms with Crippen LogP contribution in [0, 0.1) is 0 Å². The molecule has 1 N–H and O–H groups in total. The van der Waals surface area contributed by atoms with Crippen LogP contribution in [-0.4, -0.2) is 20.4 Å². The summed E-state index contributed by atoms with van der Waals surface area (Å²) in [5.74, 6) is -0.311. The second kappa shape index (κ2) is 5.99. The van der Waals surface area contributed by atoms with Gasteiger partial charge in [0.05, 0.1) is 23.6 Å². The van der Waals surface area contributed by atoms with Gasteiger partial charge in [0, 0.05) is 4.88 Å². The van der Waals surface area contributed by atoms with Gasteiger partial charge >= 0.3 is 0 Å². The van der Waals surface area contributed by atoms with Crippen molar-refractivity contribution in [3.8, 4) is 0 Å². The van der Waals surface area contributed by atoms with Crippen LogP contribution < -0.4 is 10.9 Å². The Kier molecular flexibility index (Phi) is 3.82. The number of nitrogens with zero attached hydrogens (tertiary/aromatic N) is 3. The molecule has 8 heteroatoms. The van der Waals surface area contributed by atoms with E-state index >= 15 is 0 Å². The van der Waals surface area contributed by atoms with Crippen molar-refractivity contribution in [3.63, 3.8) is 0 Å². The number of anilines is 1. The summed E-state index contributed by atoms with van der Waals surface area (Å²) < 4.78 is 1.35. The van der Waals surface area contributed by atoms with E-state index in [4.69, 9.17) is 11.6 Å². The van der Waals surface area contributed by atoms with Crippen LogP contribution in [0.1, 0.15) is 16.9 Å². The Morgan fingerprint density at radius 2 is 2.21 bits per heavy atom. The quantitative estimate of drug-likeness (QED) is 0.728. The van der Waals surface area contributed by atoms with Gasteiger partial charge in [0.15, 0.2) is 0 Å². The number of thiophene rings is 1. The highest BCUT2D eigenvalue weighted by atomic mass is 35.5. The minimum absolute atomic E-state index is 0.0883. The fourth-order valence-corrected chi connectivity index (χ4v) is 4.27. The number of amides is 1. The first-order valence-electron chi connectivity index (χ1n) is 7.53. The van der Waals surface area contributed by atoms with Gasteiger partial charge in [-0.05, 0) is 37.0 Å². The highest BCUT2D eigenvalue weighted by Crippen LogP contribution is 2.34. The maximum absolute atomic E-state index is 12.7. The van der Waals surface area contributed by atoms with Crippen molar-refractivity contribution in [2.75, 3.05) is 5.32 Å². The summed E-state index contributed by atoms with van der Waals surface area (Å²) in [5, 5.41) is 3.72. The number of rotatable bonds is 3. The van der Waals surface area contributed by atoms with Gasteiger partial charge in [-0.2, -0.15) is 0 Å². The Balaban J connectivity index is 1.60. The van der Waals surface area contributed by atoms with Crippen LogP contribution in [0.15, 0.2) is 29.5 Å². The number of aromatic nitrogens is 3. The highest BCUT2D eigenvalue weighted by Gasteiger charge is 2.21. The lowest BCUT2D eigenvalue weighted by Gasteiger charge is -2.07. The van der Waals surface area contributed by atoms with Crippen LogP contribution in [0.5, 0.6) is 0 Å². The SMILES string of the molecule is O=C(Cn1cnc2sc3c(c2c1=O)CCC3)Nc1ccc(Cl)nc1. The number of pyridine rings is 1. The molecule has 0 saturated carbocycles. The molecule has 0 radical (unpaired) electrons. The number of nitrogens with one attached hydrogen (secondary N) is 1. The molecule has 4 rings (SSSR count). The van der Waals surface area contributed by atoms with Gasteiger partial charge in [-0.15, -0.1) is 11.3 Å². The minimum Gasteiger partial charge on any atom is -0.323 e. The Labute approximate surface area is 146 Å². The van der Waals surface area contributed by atoms with Crippen molar-refractivity contribution in [2.45, 2.75) is 25.8 Å². The van der Waals surface area contributed by atoms with E-state index in [2.05, 4.69) is 15.3 Å². The predicted molar refractivity (Wildman–Crippen MR) is 93.8 cm³/mol. The van der Waals surface area contributed by atoms with Gasteiger partial charge in [0.25, 0.3) is 5.56 Å². The number of carbonyl (C=O) groups is 1. The molecule has 0 spiro atoms. The summed E-state index contributed by atoms with van der Waals surface area (Å²) in [6, 6.07) is 3.24. The summed E-state index contributed by atoms with van der Waals surface area (Å²) in [6.07, 6.45) is 5.92. The predicted octanol–water partition coefficient (Wildman–Crippen LogP) is 2.63. The Morgan fingerprint density at radius 3 is 3.00 bits per heavy atom. The van der Waals surface area contributed by atoms with Crippen molar-refractivity contribution in [1.29, 1.82) is 0 Å². The molecule has 0 saturated heterocycles. The third kappa shape index (κ3) is 2.70. The van der Waals surface area contributed by atoms with Gasteiger partial charge in [-0.1, -0.05) is 11.6 Å². The second-order valence-corrected chi connectivity index (χ2v) is 7.10. The molecule has 0 bridgehead atoms. The summed E-state index contributed by atoms with van der Waals surface area (Å²) in [5.41, 5.74) is 1.50. The third-order valence-corrected chi connectivity index (χ3v) is 5.44. The number of fused-ring (bicyclic) bond motifs is 3. The summed E-state index contributed by atoms with van der Waals surface area (Å²) in [4.78, 5) is 35.1. The lowest BCUT2D eigenvalue weighted by Crippen LogP contribution is -2.28. The molecule has 1 aliphatic rings. The van der Waals surface area contributed by atoms with Crippen LogP contribution in [-0.2, 0) is 24.2 Å². The lowest BCUT2D eigenvalue weighted by atomic mass is 10.2. The molecule has 3 heterocycles. The van der Waals surface area contributed by atoms with Crippen LogP contribution >= 0.6 is 22.9 Å². The van der Waals surface area contributed by atoms with Crippen LogP contribution in [0.3, 0.4) is 0 Å². The van der Waals surface area contributed by atoms with Crippen LogP contribution in [0.4, 0.5) is 5.69 Å². The van der Waals surface area contributed by atoms with Crippen molar-refractivity contribution in [3.05, 3.63) is 50.6 Å². The molecule has 122 valence electrons. The zero-order chi connectivity index (χ0) is 16.7. The van der Waals surface area contributed by atoms with Gasteiger partial charge < -0.3 is 5.32 Å². The Bertz CT molecular complexity index is 994. The normalized spacial score (nSPS) is 13.2. The van der Waals surface area contributed by atoms with Gasteiger partial charge in [0.1, 0.15) is 16.5 Å². The van der Waals surface area contributed by atoms with Gasteiger partial charge in [0.2, 0.25) is 5.91 Å². The molecule has 3 aromatic heterocycles. The van der Waals surface area contributed by atoms with E-state index in [0.29, 0.717) is 16.2 Å². The molecule has 24 heavy (non-hydrogen) atoms. The zero-order valence-corrected chi connectivity index (χ0v) is 14.2. The number of hydrogen-bond donors (Lipinski definition) is 1. The van der Waals surface area contributed by atoms with E-state index in [1.165, 1.54) is 22.0 Å². The standard InChI is InChI=1S/C16H13ClN4O2S/c17-12-5-4-9(6-18-12)20-13(22)7-21-8-19-15-14(16(21)23)10-2-1-3-11(10)24-15/h4-6,8H,1-3,7H2,(H,20,22). The number of aryl methyl sites for hydroxylation is 2. The topological polar surface area (TPSA) is 76.9 Å². The summed E-state index contributed by atoms with van der Waals surface area (Å²) in [6.45, 7) is -0.0883. The largest absolute Gasteiger partial charge is 0.323 e. The smallest absolute Gasteiger partial charge is 0.262 e. The molecule has 0 unspecified atom stereocenters. The molecule has 0 fully saturated rings. The first-order valence-corrected chi connectivity index (χ1v) is 8.72. The van der Waals surface area contributed by atoms with E-state index in [-0.39, 0.29) is 18.0 Å². The molecule has 0 aliphatic heterocycles. The Hall–Kier alpha value is -2.25. The average molecular weight is 361 g/mol. The first-order chi connectivity index (χ1) is 11.6. The van der Waals surface area contributed by atoms with E-state index in [9.17, 15) is 9.59 Å². The Morgan fingerprint density at radius 1 is 1.33 bits per heavy atom. The fraction of sp³-hybridized carbons (Fsp3) is 0.250. The summed E-state index contributed by atoms with van der Waals surface area (Å²) >= 11 is 7.30. The van der Waals surface area contributed by atoms with E-state index < -0.39 is 0 Å². The first kappa shape index (κ1) is 15.3. The molecular weight excluding hydrogens is 348 g/mol. The van der Waals surface area contributed by atoms with Gasteiger partial charge in [-0.25, -0.2) is 9.97 Å². The molecule has 6 nitrogen and oxygen atoms in total. The number of carbonyl (C=O) groups excluding carboxylic acids is 1. The molecule has 0 atom stereocenters. The van der Waals surface area contributed by atoms with Crippen molar-refractivity contribution < 1.29 is 4.79 Å². The fourth-order valence-electron chi connectivity index (χ4n) is 2.94. The van der Waals surface area contributed by atoms with Crippen molar-refractivity contribution >= 4 is 44.7 Å². The zero-order valence-electron chi connectivity index (χ0n) is 12.6. The lowest BCUT2D eigenvalue weighted by molar-refractivity contribution is -0.116. The molecule has 3 aromatic rings. The maximum Gasteiger partial charge on any atom is 0.262 e. The molecular formula is C16H13ClN4O2S. The molecule has 0 aromatic carbocycles. The second-order valence-electron chi connectivity index (χ2n) is 5.63. The van der Waals surface area contributed by atoms with Crippen molar-refractivity contribution in [2.24, 2.45) is 0 Å². The third-order valence-electron chi connectivity index (χ3n) is 4.02. The van der Waals surface area contributed by atoms with Crippen LogP contribution in [0.25, 0.3) is 10.2 Å². The van der Waals surface area contributed by atoms with Gasteiger partial charge in [-0.3, -0.25) is 14.2 Å². The number of hydrogen-bond acceptors (Lipinski definition) is 5. The monoisotopic (exact) mass is 360 g/mol. The van der Waals surface area contributed by atoms with E-state index in [0.717, 1.165) is 29.7 Å². The minimum atomic E-state index is -0.311. The van der Waals surface area contributed by atoms with E-state index in [1.54, 1.807) is 23.5 Å². The summed E-state index contributed by atoms with van der Waals surface area (Å²) in [7, 11) is 0. The van der Waals surface area contributed by atoms with Crippen LogP contribution in [0.2, 0.25) is 5.15 Å². The maximum atomic E-state index is 12.7. The number of halogens is 1. The highest BCUT2D eigenvalue weighted by molar-refractivity contribution is 7.18. The van der Waals surface area contributed by atoms with Crippen molar-refractivity contribution in [1.82, 2.24) is 14.5 Å². The average Bonchev–Trinajstić information content (AvgIpc) is 3.13. The van der Waals surface area contributed by atoms with E-state index in [1.807, 2.05) is 0 Å². The molecule has 1 aliphatic carbocycles.